The monoisotopic (exact) mass is 210 g/mol. The Labute approximate surface area is 90.5 Å². The van der Waals surface area contributed by atoms with Crippen LogP contribution in [0.15, 0.2) is 0 Å². The van der Waals surface area contributed by atoms with Gasteiger partial charge in [-0.05, 0) is 12.8 Å². The zero-order chi connectivity index (χ0) is 11.3. The Morgan fingerprint density at radius 2 is 2.07 bits per heavy atom. The van der Waals surface area contributed by atoms with E-state index in [4.69, 9.17) is 10.4 Å². The van der Waals surface area contributed by atoms with Gasteiger partial charge >= 0.3 is 0 Å². The van der Waals surface area contributed by atoms with Gasteiger partial charge in [0.05, 0.1) is 12.7 Å². The third-order valence-electron chi connectivity index (χ3n) is 3.11. The molecule has 1 aliphatic carbocycles. The average Bonchev–Trinajstić information content (AvgIpc) is 2.29. The lowest BCUT2D eigenvalue weighted by molar-refractivity contribution is -0.139. The lowest BCUT2D eigenvalue weighted by Crippen LogP contribution is -2.43. The SMILES string of the molecule is CN(CCO)C(=O)C1(C#N)CCCCC1. The first kappa shape index (κ1) is 12.0. The van der Waals surface area contributed by atoms with Gasteiger partial charge in [-0.2, -0.15) is 5.26 Å². The van der Waals surface area contributed by atoms with Crippen LogP contribution >= 0.6 is 0 Å². The highest BCUT2D eigenvalue weighted by Crippen LogP contribution is 2.37. The van der Waals surface area contributed by atoms with Crippen molar-refractivity contribution in [1.29, 1.82) is 5.26 Å². The number of amides is 1. The van der Waals surface area contributed by atoms with Crippen molar-refractivity contribution in [3.63, 3.8) is 0 Å². The maximum absolute atomic E-state index is 12.0. The lowest BCUT2D eigenvalue weighted by atomic mass is 9.74. The van der Waals surface area contributed by atoms with Crippen LogP contribution in [-0.4, -0.2) is 36.1 Å². The predicted octanol–water partition coefficient (Wildman–Crippen LogP) is 0.911. The number of nitrogens with zero attached hydrogens (tertiary/aromatic N) is 2. The maximum Gasteiger partial charge on any atom is 0.242 e. The topological polar surface area (TPSA) is 64.3 Å². The van der Waals surface area contributed by atoms with E-state index in [-0.39, 0.29) is 12.5 Å². The fraction of sp³-hybridized carbons (Fsp3) is 0.818. The van der Waals surface area contributed by atoms with E-state index in [1.54, 1.807) is 7.05 Å². The van der Waals surface area contributed by atoms with Gasteiger partial charge in [0, 0.05) is 13.6 Å². The molecule has 1 N–H and O–H groups in total. The van der Waals surface area contributed by atoms with Crippen molar-refractivity contribution in [2.45, 2.75) is 32.1 Å². The minimum Gasteiger partial charge on any atom is -0.395 e. The van der Waals surface area contributed by atoms with Crippen LogP contribution in [0.5, 0.6) is 0 Å². The first-order valence-electron chi connectivity index (χ1n) is 5.44. The second-order valence-corrected chi connectivity index (χ2v) is 4.20. The molecule has 0 aliphatic heterocycles. The molecule has 0 spiro atoms. The van der Waals surface area contributed by atoms with E-state index in [2.05, 4.69) is 6.07 Å². The molecule has 1 rings (SSSR count). The van der Waals surface area contributed by atoms with Crippen LogP contribution in [0.1, 0.15) is 32.1 Å². The summed E-state index contributed by atoms with van der Waals surface area (Å²) in [5.74, 6) is -0.126. The molecule has 0 aromatic carbocycles. The van der Waals surface area contributed by atoms with Crippen LogP contribution in [0.25, 0.3) is 0 Å². The van der Waals surface area contributed by atoms with Crippen LogP contribution in [0.2, 0.25) is 0 Å². The number of aliphatic hydroxyl groups excluding tert-OH is 1. The molecule has 0 radical (unpaired) electrons. The summed E-state index contributed by atoms with van der Waals surface area (Å²) in [6, 6.07) is 2.18. The third kappa shape index (κ3) is 2.48. The van der Waals surface area contributed by atoms with E-state index in [1.807, 2.05) is 0 Å². The minimum atomic E-state index is -0.817. The quantitative estimate of drug-likeness (QED) is 0.753. The van der Waals surface area contributed by atoms with Gasteiger partial charge in [0.1, 0.15) is 5.41 Å². The molecule has 4 heteroatoms. The summed E-state index contributed by atoms with van der Waals surface area (Å²) in [5.41, 5.74) is -0.817. The fourth-order valence-electron chi connectivity index (χ4n) is 2.15. The molecule has 1 aliphatic rings. The summed E-state index contributed by atoms with van der Waals surface area (Å²) in [5, 5.41) is 17.9. The Hall–Kier alpha value is -1.08. The molecule has 0 aromatic heterocycles. The smallest absolute Gasteiger partial charge is 0.242 e. The van der Waals surface area contributed by atoms with Gasteiger partial charge in [0.15, 0.2) is 0 Å². The van der Waals surface area contributed by atoms with E-state index in [9.17, 15) is 4.79 Å². The summed E-state index contributed by atoms with van der Waals surface area (Å²) >= 11 is 0. The summed E-state index contributed by atoms with van der Waals surface area (Å²) in [7, 11) is 1.65. The van der Waals surface area contributed by atoms with Gasteiger partial charge in [0.2, 0.25) is 5.91 Å². The van der Waals surface area contributed by atoms with Crippen LogP contribution in [0.4, 0.5) is 0 Å². The number of carbonyl (C=O) groups is 1. The van der Waals surface area contributed by atoms with E-state index < -0.39 is 5.41 Å². The maximum atomic E-state index is 12.0. The van der Waals surface area contributed by atoms with Crippen LogP contribution in [0, 0.1) is 16.7 Å². The fourth-order valence-corrected chi connectivity index (χ4v) is 2.15. The van der Waals surface area contributed by atoms with Gasteiger partial charge < -0.3 is 10.0 Å². The molecule has 0 heterocycles. The number of hydrogen-bond acceptors (Lipinski definition) is 3. The highest BCUT2D eigenvalue weighted by molar-refractivity contribution is 5.85. The standard InChI is InChI=1S/C11H18N2O2/c1-13(7-8-14)10(15)11(9-12)5-3-2-4-6-11/h14H,2-8H2,1H3. The molecule has 0 bridgehead atoms. The van der Waals surface area contributed by atoms with Crippen molar-refractivity contribution < 1.29 is 9.90 Å². The van der Waals surface area contributed by atoms with E-state index in [1.165, 1.54) is 4.90 Å². The summed E-state index contributed by atoms with van der Waals surface area (Å²) in [6.07, 6.45) is 4.34. The summed E-state index contributed by atoms with van der Waals surface area (Å²) in [4.78, 5) is 13.5. The summed E-state index contributed by atoms with van der Waals surface area (Å²) < 4.78 is 0. The van der Waals surface area contributed by atoms with Gasteiger partial charge in [-0.1, -0.05) is 19.3 Å². The van der Waals surface area contributed by atoms with Crippen molar-refractivity contribution in [2.75, 3.05) is 20.2 Å². The normalized spacial score (nSPS) is 19.3. The molecular formula is C11H18N2O2. The van der Waals surface area contributed by atoms with E-state index >= 15 is 0 Å². The minimum absolute atomic E-state index is 0.0518. The second kappa shape index (κ2) is 5.13. The predicted molar refractivity (Wildman–Crippen MR) is 55.9 cm³/mol. The van der Waals surface area contributed by atoms with Crippen molar-refractivity contribution in [3.8, 4) is 6.07 Å². The van der Waals surface area contributed by atoms with Crippen molar-refractivity contribution in [2.24, 2.45) is 5.41 Å². The average molecular weight is 210 g/mol. The number of nitriles is 1. The number of hydrogen-bond donors (Lipinski definition) is 1. The van der Waals surface area contributed by atoms with Gasteiger partial charge in [0.25, 0.3) is 0 Å². The molecule has 0 atom stereocenters. The van der Waals surface area contributed by atoms with Crippen LogP contribution < -0.4 is 0 Å². The number of carbonyl (C=O) groups excluding carboxylic acids is 1. The van der Waals surface area contributed by atoms with E-state index in [0.29, 0.717) is 19.4 Å². The van der Waals surface area contributed by atoms with Gasteiger partial charge in [-0.15, -0.1) is 0 Å². The second-order valence-electron chi connectivity index (χ2n) is 4.20. The Morgan fingerprint density at radius 3 is 2.53 bits per heavy atom. The third-order valence-corrected chi connectivity index (χ3v) is 3.11. The Balaban J connectivity index is 2.73. The lowest BCUT2D eigenvalue weighted by Gasteiger charge is -2.32. The van der Waals surface area contributed by atoms with Crippen LogP contribution in [-0.2, 0) is 4.79 Å². The first-order valence-corrected chi connectivity index (χ1v) is 5.44. The molecule has 1 saturated carbocycles. The molecule has 4 nitrogen and oxygen atoms in total. The Morgan fingerprint density at radius 1 is 1.47 bits per heavy atom. The zero-order valence-electron chi connectivity index (χ0n) is 9.20. The number of likely N-dealkylation sites (N-methyl/N-ethyl adjacent to an activating group) is 1. The molecule has 0 saturated heterocycles. The van der Waals surface area contributed by atoms with Crippen LogP contribution in [0.3, 0.4) is 0 Å². The molecule has 15 heavy (non-hydrogen) atoms. The van der Waals surface area contributed by atoms with Gasteiger partial charge in [-0.3, -0.25) is 4.79 Å². The first-order chi connectivity index (χ1) is 7.16. The number of aliphatic hydroxyl groups is 1. The van der Waals surface area contributed by atoms with Crippen molar-refractivity contribution >= 4 is 5.91 Å². The molecule has 0 aromatic rings. The molecular weight excluding hydrogens is 192 g/mol. The van der Waals surface area contributed by atoms with Gasteiger partial charge in [-0.25, -0.2) is 0 Å². The largest absolute Gasteiger partial charge is 0.395 e. The van der Waals surface area contributed by atoms with Crippen molar-refractivity contribution in [3.05, 3.63) is 0 Å². The summed E-state index contributed by atoms with van der Waals surface area (Å²) in [6.45, 7) is 0.256. The van der Waals surface area contributed by atoms with Crippen molar-refractivity contribution in [1.82, 2.24) is 4.90 Å². The molecule has 1 fully saturated rings. The highest BCUT2D eigenvalue weighted by Gasteiger charge is 2.41. The highest BCUT2D eigenvalue weighted by atomic mass is 16.3. The Bertz CT molecular complexity index is 264. The molecule has 1 amide bonds. The molecule has 84 valence electrons. The van der Waals surface area contributed by atoms with E-state index in [0.717, 1.165) is 19.3 Å². The zero-order valence-corrected chi connectivity index (χ0v) is 9.20. The molecule has 0 unspecified atom stereocenters. The Kier molecular flexibility index (Phi) is 4.10. The number of rotatable bonds is 3.